The van der Waals surface area contributed by atoms with Gasteiger partial charge in [-0.2, -0.15) is 0 Å². The first kappa shape index (κ1) is 22.3. The Kier molecular flexibility index (Phi) is 8.57. The highest BCUT2D eigenvalue weighted by Gasteiger charge is 2.23. The summed E-state index contributed by atoms with van der Waals surface area (Å²) in [6.07, 6.45) is 1.32. The number of nitrogens with two attached hydrogens (primary N) is 1. The van der Waals surface area contributed by atoms with Crippen molar-refractivity contribution in [3.8, 4) is 5.75 Å². The van der Waals surface area contributed by atoms with Gasteiger partial charge in [-0.05, 0) is 37.5 Å². The average Bonchev–Trinajstić information content (AvgIpc) is 2.71. The molecule has 0 aromatic heterocycles. The number of hydrogen-bond donors (Lipinski definition) is 2. The van der Waals surface area contributed by atoms with Crippen LogP contribution in [0.15, 0.2) is 29.3 Å². The van der Waals surface area contributed by atoms with Crippen LogP contribution in [0.2, 0.25) is 0 Å². The van der Waals surface area contributed by atoms with Crippen molar-refractivity contribution in [2.45, 2.75) is 32.4 Å². The summed E-state index contributed by atoms with van der Waals surface area (Å²) in [7, 11) is 3.38. The second-order valence-corrected chi connectivity index (χ2v) is 7.03. The maximum absolute atomic E-state index is 11.7. The molecule has 3 N–H and O–H groups in total. The van der Waals surface area contributed by atoms with Gasteiger partial charge in [-0.15, -0.1) is 0 Å². The predicted molar refractivity (Wildman–Crippen MR) is 111 cm³/mol. The Hall–Kier alpha value is -2.97. The van der Waals surface area contributed by atoms with Crippen molar-refractivity contribution in [1.82, 2.24) is 15.1 Å². The summed E-state index contributed by atoms with van der Waals surface area (Å²) in [4.78, 5) is 30.9. The summed E-state index contributed by atoms with van der Waals surface area (Å²) in [6, 6.07) is 7.60. The first-order valence-corrected chi connectivity index (χ1v) is 9.79. The van der Waals surface area contributed by atoms with Crippen LogP contribution < -0.4 is 15.8 Å². The Morgan fingerprint density at radius 1 is 1.31 bits per heavy atom. The van der Waals surface area contributed by atoms with Crippen molar-refractivity contribution < 1.29 is 19.1 Å². The Morgan fingerprint density at radius 2 is 2.03 bits per heavy atom. The number of amides is 2. The quantitative estimate of drug-likeness (QED) is 0.521. The number of nitrogens with zero attached hydrogens (tertiary/aromatic N) is 3. The predicted octanol–water partition coefficient (Wildman–Crippen LogP) is 1.18. The van der Waals surface area contributed by atoms with Gasteiger partial charge in [-0.1, -0.05) is 12.1 Å². The molecule has 2 amide bonds. The largest absolute Gasteiger partial charge is 0.484 e. The molecule has 160 valence electrons. The molecule has 0 radical (unpaired) electrons. The lowest BCUT2D eigenvalue weighted by Crippen LogP contribution is -2.48. The Bertz CT molecular complexity index is 715. The van der Waals surface area contributed by atoms with Crippen LogP contribution in [0.3, 0.4) is 0 Å². The summed E-state index contributed by atoms with van der Waals surface area (Å²) in [5, 5.41) is 3.22. The molecule has 1 heterocycles. The topological polar surface area (TPSA) is 109 Å². The van der Waals surface area contributed by atoms with E-state index in [4.69, 9.17) is 15.2 Å². The molecule has 0 saturated carbocycles. The fourth-order valence-electron chi connectivity index (χ4n) is 2.86. The number of guanidine groups is 1. The number of carbonyl (C=O) groups excluding carboxylic acids is 2. The molecule has 1 aromatic rings. The molecule has 1 aliphatic heterocycles. The molecule has 0 unspecified atom stereocenters. The van der Waals surface area contributed by atoms with E-state index in [1.807, 2.05) is 18.2 Å². The molecular weight excluding hydrogens is 374 g/mol. The van der Waals surface area contributed by atoms with E-state index in [0.29, 0.717) is 38.0 Å². The van der Waals surface area contributed by atoms with Crippen molar-refractivity contribution in [3.63, 3.8) is 0 Å². The zero-order chi connectivity index (χ0) is 21.2. The number of ether oxygens (including phenoxy) is 2. The van der Waals surface area contributed by atoms with Crippen LogP contribution in [0.1, 0.15) is 25.3 Å². The van der Waals surface area contributed by atoms with Crippen LogP contribution in [0.25, 0.3) is 0 Å². The molecule has 0 atom stereocenters. The van der Waals surface area contributed by atoms with Gasteiger partial charge in [0.2, 0.25) is 0 Å². The van der Waals surface area contributed by atoms with Gasteiger partial charge in [0.25, 0.3) is 5.91 Å². The van der Waals surface area contributed by atoms with E-state index < -0.39 is 0 Å². The molecule has 1 aliphatic rings. The first-order valence-electron chi connectivity index (χ1n) is 9.79. The maximum atomic E-state index is 11.7. The van der Waals surface area contributed by atoms with Crippen molar-refractivity contribution in [1.29, 1.82) is 0 Å². The van der Waals surface area contributed by atoms with E-state index in [9.17, 15) is 9.59 Å². The zero-order valence-corrected chi connectivity index (χ0v) is 17.4. The summed E-state index contributed by atoms with van der Waals surface area (Å²) in [6.45, 7) is 3.85. The van der Waals surface area contributed by atoms with Crippen LogP contribution in [0.5, 0.6) is 5.75 Å². The number of benzene rings is 1. The van der Waals surface area contributed by atoms with Gasteiger partial charge in [0.15, 0.2) is 12.6 Å². The maximum Gasteiger partial charge on any atom is 0.409 e. The molecule has 0 bridgehead atoms. The molecule has 1 saturated heterocycles. The molecule has 0 spiro atoms. The van der Waals surface area contributed by atoms with Gasteiger partial charge in [0.05, 0.1) is 13.2 Å². The fourth-order valence-corrected chi connectivity index (χ4v) is 2.86. The van der Waals surface area contributed by atoms with Crippen LogP contribution in [-0.4, -0.2) is 74.2 Å². The number of hydrogen-bond acceptors (Lipinski definition) is 5. The average molecular weight is 405 g/mol. The highest BCUT2D eigenvalue weighted by molar-refractivity contribution is 5.78. The Morgan fingerprint density at radius 3 is 2.69 bits per heavy atom. The minimum absolute atomic E-state index is 0.00604. The van der Waals surface area contributed by atoms with E-state index >= 15 is 0 Å². The Labute approximate surface area is 171 Å². The fraction of sp³-hybridized carbons (Fsp3) is 0.550. The van der Waals surface area contributed by atoms with Gasteiger partial charge in [-0.3, -0.25) is 4.79 Å². The lowest BCUT2D eigenvalue weighted by atomic mass is 10.1. The number of aliphatic imine (C=N–C) groups is 1. The van der Waals surface area contributed by atoms with E-state index in [-0.39, 0.29) is 24.6 Å². The molecule has 1 aromatic carbocycles. The number of nitrogens with one attached hydrogen (secondary N) is 1. The van der Waals surface area contributed by atoms with E-state index in [1.165, 1.54) is 4.90 Å². The molecule has 1 fully saturated rings. The molecule has 29 heavy (non-hydrogen) atoms. The van der Waals surface area contributed by atoms with Crippen LogP contribution >= 0.6 is 0 Å². The van der Waals surface area contributed by atoms with E-state index in [2.05, 4.69) is 10.3 Å². The standard InChI is InChI=1S/C20H31N5O4/c1-4-28-20(27)25-10-8-16(9-11-25)23-19(21)22-13-15-6-5-7-17(12-15)29-14-18(26)24(2)3/h5-7,12,16H,4,8-11,13-14H2,1-3H3,(H3,21,22,23). The molecule has 9 heteroatoms. The van der Waals surface area contributed by atoms with Crippen molar-refractivity contribution in [3.05, 3.63) is 29.8 Å². The zero-order valence-electron chi connectivity index (χ0n) is 17.4. The highest BCUT2D eigenvalue weighted by atomic mass is 16.6. The Balaban J connectivity index is 1.79. The molecule has 2 rings (SSSR count). The number of carbonyl (C=O) groups is 2. The SMILES string of the molecule is CCOC(=O)N1CCC(NC(N)=NCc2cccc(OCC(=O)N(C)C)c2)CC1. The summed E-state index contributed by atoms with van der Waals surface area (Å²) < 4.78 is 10.5. The lowest BCUT2D eigenvalue weighted by molar-refractivity contribution is -0.130. The molecular formula is C20H31N5O4. The van der Waals surface area contributed by atoms with Crippen LogP contribution in [-0.2, 0) is 16.1 Å². The third kappa shape index (κ3) is 7.52. The summed E-state index contributed by atoms with van der Waals surface area (Å²) >= 11 is 0. The van der Waals surface area contributed by atoms with Gasteiger partial charge in [0, 0.05) is 33.2 Å². The van der Waals surface area contributed by atoms with Crippen LogP contribution in [0, 0.1) is 0 Å². The summed E-state index contributed by atoms with van der Waals surface area (Å²) in [5.41, 5.74) is 6.95. The normalized spacial score (nSPS) is 15.0. The van der Waals surface area contributed by atoms with Gasteiger partial charge >= 0.3 is 6.09 Å². The third-order valence-corrected chi connectivity index (χ3v) is 4.56. The number of rotatable bonds is 7. The van der Waals surface area contributed by atoms with E-state index in [1.54, 1.807) is 32.0 Å². The lowest BCUT2D eigenvalue weighted by Gasteiger charge is -2.31. The number of likely N-dealkylation sites (tertiary alicyclic amines) is 1. The molecule has 9 nitrogen and oxygen atoms in total. The summed E-state index contributed by atoms with van der Waals surface area (Å²) in [5.74, 6) is 0.885. The smallest absolute Gasteiger partial charge is 0.409 e. The first-order chi connectivity index (χ1) is 13.9. The van der Waals surface area contributed by atoms with Crippen molar-refractivity contribution in [2.24, 2.45) is 10.7 Å². The second-order valence-electron chi connectivity index (χ2n) is 7.03. The van der Waals surface area contributed by atoms with Gasteiger partial charge < -0.3 is 30.3 Å². The highest BCUT2D eigenvalue weighted by Crippen LogP contribution is 2.15. The minimum atomic E-state index is -0.262. The number of piperidine rings is 1. The van der Waals surface area contributed by atoms with Crippen molar-refractivity contribution >= 4 is 18.0 Å². The third-order valence-electron chi connectivity index (χ3n) is 4.56. The van der Waals surface area contributed by atoms with Gasteiger partial charge in [-0.25, -0.2) is 9.79 Å². The number of likely N-dealkylation sites (N-methyl/N-ethyl adjacent to an activating group) is 1. The minimum Gasteiger partial charge on any atom is -0.484 e. The van der Waals surface area contributed by atoms with Crippen molar-refractivity contribution in [2.75, 3.05) is 40.4 Å². The van der Waals surface area contributed by atoms with Crippen LogP contribution in [0.4, 0.5) is 4.79 Å². The van der Waals surface area contributed by atoms with E-state index in [0.717, 1.165) is 18.4 Å². The van der Waals surface area contributed by atoms with Gasteiger partial charge in [0.1, 0.15) is 5.75 Å². The molecule has 0 aliphatic carbocycles. The monoisotopic (exact) mass is 405 g/mol. The second kappa shape index (κ2) is 11.1.